The van der Waals surface area contributed by atoms with Crippen molar-refractivity contribution in [2.45, 2.75) is 56.9 Å². The van der Waals surface area contributed by atoms with E-state index >= 15 is 0 Å². The van der Waals surface area contributed by atoms with Crippen molar-refractivity contribution in [3.05, 3.63) is 58.4 Å². The summed E-state index contributed by atoms with van der Waals surface area (Å²) in [6, 6.07) is 11.2. The highest BCUT2D eigenvalue weighted by molar-refractivity contribution is 7.97. The van der Waals surface area contributed by atoms with E-state index in [2.05, 4.69) is 0 Å². The molecule has 1 aliphatic carbocycles. The Morgan fingerprint density at radius 2 is 1.74 bits per heavy atom. The van der Waals surface area contributed by atoms with Gasteiger partial charge in [-0.3, -0.25) is 4.79 Å². The quantitative estimate of drug-likeness (QED) is 0.326. The highest BCUT2D eigenvalue weighted by Crippen LogP contribution is 2.43. The van der Waals surface area contributed by atoms with E-state index in [0.29, 0.717) is 28.6 Å². The Morgan fingerprint density at radius 1 is 1.03 bits per heavy atom. The van der Waals surface area contributed by atoms with Gasteiger partial charge in [-0.15, -0.1) is 11.3 Å². The molecule has 1 aromatic carbocycles. The zero-order chi connectivity index (χ0) is 27.0. The maximum Gasteiger partial charge on any atom is 0.348 e. The van der Waals surface area contributed by atoms with Crippen LogP contribution in [0, 0.1) is 19.8 Å². The molecule has 0 spiro atoms. The number of nitrogens with zero attached hydrogens (tertiary/aromatic N) is 2. The van der Waals surface area contributed by atoms with Gasteiger partial charge in [-0.1, -0.05) is 49.6 Å². The maximum atomic E-state index is 13.8. The van der Waals surface area contributed by atoms with Crippen molar-refractivity contribution in [3.63, 3.8) is 0 Å². The minimum absolute atomic E-state index is 0.0339. The molecule has 2 fully saturated rings. The van der Waals surface area contributed by atoms with E-state index in [4.69, 9.17) is 4.42 Å². The lowest BCUT2D eigenvalue weighted by Gasteiger charge is -2.45. The second-order valence-electron chi connectivity index (χ2n) is 9.86. The number of hydrogen-bond donors (Lipinski definition) is 2. The molecule has 1 amide bonds. The van der Waals surface area contributed by atoms with Crippen molar-refractivity contribution < 1.29 is 29.0 Å². The van der Waals surface area contributed by atoms with Crippen LogP contribution in [0.15, 0.2) is 45.7 Å². The van der Waals surface area contributed by atoms with Gasteiger partial charge in [0.2, 0.25) is 5.91 Å². The number of hydrogen-bond acceptors (Lipinski definition) is 7. The second-order valence-corrected chi connectivity index (χ2v) is 12.0. The summed E-state index contributed by atoms with van der Waals surface area (Å²) in [5.41, 5.74) is 1.48. The van der Waals surface area contributed by atoms with Gasteiger partial charge in [-0.05, 0) is 56.2 Å². The van der Waals surface area contributed by atoms with E-state index in [9.17, 15) is 24.6 Å². The molecule has 0 radical (unpaired) electrons. The summed E-state index contributed by atoms with van der Waals surface area (Å²) in [5.74, 6) is -1.22. The number of aryl methyl sites for hydroxylation is 2. The van der Waals surface area contributed by atoms with E-state index in [1.807, 2.05) is 40.7 Å². The Hall–Kier alpha value is -3.08. The number of carboxylic acids is 2. The Morgan fingerprint density at radius 3 is 2.39 bits per heavy atom. The predicted molar refractivity (Wildman–Crippen MR) is 147 cm³/mol. The van der Waals surface area contributed by atoms with Crippen molar-refractivity contribution in [2.75, 3.05) is 18.0 Å². The molecule has 2 aliphatic rings. The predicted octanol–water partition coefficient (Wildman–Crippen LogP) is 6.33. The summed E-state index contributed by atoms with van der Waals surface area (Å²) >= 11 is 2.43. The second kappa shape index (κ2) is 11.0. The molecule has 2 aromatic heterocycles. The average Bonchev–Trinajstić information content (AvgIpc) is 3.45. The number of carbonyl (C=O) groups is 3. The number of amides is 1. The van der Waals surface area contributed by atoms with E-state index in [0.717, 1.165) is 42.5 Å². The van der Waals surface area contributed by atoms with Gasteiger partial charge in [-0.2, -0.15) is 0 Å². The number of piperazine rings is 1. The monoisotopic (exact) mass is 554 g/mol. The van der Waals surface area contributed by atoms with Crippen LogP contribution in [0.4, 0.5) is 5.69 Å². The molecular weight excluding hydrogens is 524 g/mol. The first-order valence-electron chi connectivity index (χ1n) is 12.8. The third-order valence-corrected chi connectivity index (χ3v) is 9.73. The summed E-state index contributed by atoms with van der Waals surface area (Å²) in [7, 11) is 0. The number of rotatable bonds is 7. The van der Waals surface area contributed by atoms with E-state index in [-0.39, 0.29) is 34.9 Å². The van der Waals surface area contributed by atoms with Crippen molar-refractivity contribution in [1.82, 2.24) is 4.31 Å². The molecule has 1 saturated carbocycles. The molecule has 5 rings (SSSR count). The summed E-state index contributed by atoms with van der Waals surface area (Å²) in [4.78, 5) is 41.3. The molecule has 10 heteroatoms. The number of carbonyl (C=O) groups excluding carboxylic acids is 1. The Bertz CT molecular complexity index is 1360. The molecule has 1 atom stereocenters. The van der Waals surface area contributed by atoms with Crippen molar-refractivity contribution >= 4 is 46.8 Å². The van der Waals surface area contributed by atoms with Gasteiger partial charge < -0.3 is 19.5 Å². The standard InChI is InChI=1S/C28H30N2O6S2/c1-16-24(27(32)33)25(17(2)36-16)38-29-14-21(18-9-5-3-6-10-18)30(23(31)15-29)20-13-22(37-26(20)28(34)35)19-11-7-4-8-12-19/h4,7-8,11-13,18,21H,3,5-6,9-10,14-15H2,1-2H3,(H,32,33)(H,34,35). The van der Waals surface area contributed by atoms with Crippen LogP contribution in [-0.2, 0) is 4.79 Å². The van der Waals surface area contributed by atoms with Crippen molar-refractivity contribution in [1.29, 1.82) is 0 Å². The fraction of sp³-hybridized carbons (Fsp3) is 0.393. The van der Waals surface area contributed by atoms with Crippen LogP contribution >= 0.6 is 23.3 Å². The minimum Gasteiger partial charge on any atom is -0.478 e. The maximum absolute atomic E-state index is 13.8. The van der Waals surface area contributed by atoms with Gasteiger partial charge in [0.05, 0.1) is 23.2 Å². The highest BCUT2D eigenvalue weighted by atomic mass is 32.2. The molecule has 200 valence electrons. The first-order chi connectivity index (χ1) is 18.2. The zero-order valence-corrected chi connectivity index (χ0v) is 22.9. The fourth-order valence-corrected chi connectivity index (χ4v) is 7.78. The number of furan rings is 1. The molecule has 1 saturated heterocycles. The SMILES string of the molecule is Cc1oc(C)c(C(=O)O)c1SN1CC(=O)N(c2cc(-c3ccccc3)sc2C(=O)O)C(C2CCCCC2)C1. The molecule has 0 bridgehead atoms. The Kier molecular flexibility index (Phi) is 7.65. The number of thiophene rings is 1. The topological polar surface area (TPSA) is 111 Å². The molecule has 38 heavy (non-hydrogen) atoms. The van der Waals surface area contributed by atoms with Crippen LogP contribution in [0.2, 0.25) is 0 Å². The van der Waals surface area contributed by atoms with E-state index in [1.165, 1.54) is 23.3 Å². The average molecular weight is 555 g/mol. The minimum atomic E-state index is -1.06. The Labute approximate surface area is 229 Å². The molecule has 1 unspecified atom stereocenters. The molecule has 1 aliphatic heterocycles. The highest BCUT2D eigenvalue weighted by Gasteiger charge is 2.41. The lowest BCUT2D eigenvalue weighted by Crippen LogP contribution is -2.58. The number of anilines is 1. The largest absolute Gasteiger partial charge is 0.478 e. The van der Waals surface area contributed by atoms with Gasteiger partial charge in [-0.25, -0.2) is 13.9 Å². The third-order valence-electron chi connectivity index (χ3n) is 7.36. The summed E-state index contributed by atoms with van der Waals surface area (Å²) in [6.07, 6.45) is 5.24. The number of aromatic carboxylic acids is 2. The fourth-order valence-electron chi connectivity index (χ4n) is 5.64. The van der Waals surface area contributed by atoms with Gasteiger partial charge in [0.25, 0.3) is 0 Å². The van der Waals surface area contributed by atoms with Crippen LogP contribution in [0.25, 0.3) is 10.4 Å². The zero-order valence-electron chi connectivity index (χ0n) is 21.3. The molecule has 2 N–H and O–H groups in total. The lowest BCUT2D eigenvalue weighted by molar-refractivity contribution is -0.121. The first-order valence-corrected chi connectivity index (χ1v) is 14.3. The molecule has 3 aromatic rings. The lowest BCUT2D eigenvalue weighted by atomic mass is 9.82. The van der Waals surface area contributed by atoms with Gasteiger partial charge in [0.1, 0.15) is 22.0 Å². The van der Waals surface area contributed by atoms with E-state index < -0.39 is 11.9 Å². The van der Waals surface area contributed by atoms with E-state index in [1.54, 1.807) is 18.7 Å². The number of benzene rings is 1. The molecular formula is C28H30N2O6S2. The van der Waals surface area contributed by atoms with Crippen molar-refractivity contribution in [3.8, 4) is 10.4 Å². The molecule has 8 nitrogen and oxygen atoms in total. The van der Waals surface area contributed by atoms with Gasteiger partial charge >= 0.3 is 11.9 Å². The summed E-state index contributed by atoms with van der Waals surface area (Å²) in [5, 5.41) is 19.8. The Balaban J connectivity index is 1.52. The van der Waals surface area contributed by atoms with Crippen molar-refractivity contribution in [2.24, 2.45) is 5.92 Å². The normalized spacial score (nSPS) is 19.2. The van der Waals surface area contributed by atoms with Gasteiger partial charge in [0.15, 0.2) is 0 Å². The first kappa shape index (κ1) is 26.5. The summed E-state index contributed by atoms with van der Waals surface area (Å²) < 4.78 is 7.52. The number of carboxylic acid groups (broad SMARTS) is 2. The smallest absolute Gasteiger partial charge is 0.348 e. The molecule has 3 heterocycles. The van der Waals surface area contributed by atoms with Crippen LogP contribution in [0.5, 0.6) is 0 Å². The van der Waals surface area contributed by atoms with Crippen LogP contribution in [0.1, 0.15) is 63.7 Å². The van der Waals surface area contributed by atoms with Crippen LogP contribution < -0.4 is 4.90 Å². The third kappa shape index (κ3) is 5.12. The van der Waals surface area contributed by atoms with Crippen LogP contribution in [-0.4, -0.2) is 51.5 Å². The van der Waals surface area contributed by atoms with Crippen LogP contribution in [0.3, 0.4) is 0 Å². The van der Waals surface area contributed by atoms with Gasteiger partial charge in [0, 0.05) is 11.4 Å². The summed E-state index contributed by atoms with van der Waals surface area (Å²) in [6.45, 7) is 3.89.